The molecule has 0 saturated heterocycles. The number of carbonyl (C=O) groups is 1. The van der Waals surface area contributed by atoms with Crippen LogP contribution in [0.3, 0.4) is 0 Å². The smallest absolute Gasteiger partial charge is 0.246 e. The molecule has 150 valence electrons. The molecule has 3 aromatic carbocycles. The van der Waals surface area contributed by atoms with E-state index in [9.17, 15) is 4.79 Å². The molecule has 0 spiro atoms. The van der Waals surface area contributed by atoms with Crippen LogP contribution in [0.2, 0.25) is 0 Å². The van der Waals surface area contributed by atoms with Crippen LogP contribution in [0.5, 0.6) is 11.5 Å². The van der Waals surface area contributed by atoms with Crippen molar-refractivity contribution in [2.75, 3.05) is 19.5 Å². The Morgan fingerprint density at radius 3 is 2.45 bits per heavy atom. The number of rotatable bonds is 8. The van der Waals surface area contributed by atoms with Gasteiger partial charge in [-0.1, -0.05) is 48.5 Å². The Balaban J connectivity index is 1.82. The predicted octanol–water partition coefficient (Wildman–Crippen LogP) is 4.48. The number of anilines is 1. The number of hydrogen-bond donors (Lipinski definition) is 2. The minimum Gasteiger partial charge on any atom is -0.497 e. The van der Waals surface area contributed by atoms with Crippen molar-refractivity contribution in [1.29, 1.82) is 0 Å². The zero-order chi connectivity index (χ0) is 20.6. The molecule has 0 aliphatic rings. The average Bonchev–Trinajstić information content (AvgIpc) is 2.75. The average molecular weight is 390 g/mol. The fraction of sp³-hybridized carbons (Fsp3) is 0.208. The van der Waals surface area contributed by atoms with E-state index in [2.05, 4.69) is 10.6 Å². The molecule has 0 aliphatic heterocycles. The first-order valence-corrected chi connectivity index (χ1v) is 9.47. The summed E-state index contributed by atoms with van der Waals surface area (Å²) in [4.78, 5) is 13.2. The molecule has 1 atom stereocenters. The molecule has 29 heavy (non-hydrogen) atoms. The minimum absolute atomic E-state index is 0.150. The SMILES string of the molecule is COc1cccc(CNC(C(=O)Nc2cc(C)ccc2OC)c2ccccc2)c1. The highest BCUT2D eigenvalue weighted by molar-refractivity contribution is 5.96. The maximum atomic E-state index is 13.2. The Kier molecular flexibility index (Phi) is 6.87. The predicted molar refractivity (Wildman–Crippen MR) is 115 cm³/mol. The summed E-state index contributed by atoms with van der Waals surface area (Å²) < 4.78 is 10.7. The van der Waals surface area contributed by atoms with E-state index in [1.807, 2.05) is 79.7 Å². The van der Waals surface area contributed by atoms with Gasteiger partial charge in [-0.05, 0) is 47.9 Å². The van der Waals surface area contributed by atoms with Gasteiger partial charge < -0.3 is 14.8 Å². The highest BCUT2D eigenvalue weighted by Crippen LogP contribution is 2.27. The van der Waals surface area contributed by atoms with Crippen molar-refractivity contribution in [1.82, 2.24) is 5.32 Å². The van der Waals surface area contributed by atoms with Gasteiger partial charge in [0, 0.05) is 6.54 Å². The van der Waals surface area contributed by atoms with E-state index in [1.165, 1.54) is 0 Å². The molecule has 0 aromatic heterocycles. The van der Waals surface area contributed by atoms with Crippen molar-refractivity contribution in [2.45, 2.75) is 19.5 Å². The topological polar surface area (TPSA) is 59.6 Å². The van der Waals surface area contributed by atoms with Crippen LogP contribution < -0.4 is 20.1 Å². The van der Waals surface area contributed by atoms with Crippen molar-refractivity contribution < 1.29 is 14.3 Å². The Morgan fingerprint density at radius 2 is 1.72 bits per heavy atom. The normalized spacial score (nSPS) is 11.6. The van der Waals surface area contributed by atoms with Crippen LogP contribution in [0.15, 0.2) is 72.8 Å². The molecule has 0 saturated carbocycles. The molecular formula is C24H26N2O3. The standard InChI is InChI=1S/C24H26N2O3/c1-17-12-13-22(29-3)21(14-17)26-24(27)23(19-9-5-4-6-10-19)25-16-18-8-7-11-20(15-18)28-2/h4-15,23,25H,16H2,1-3H3,(H,26,27). The fourth-order valence-electron chi connectivity index (χ4n) is 3.13. The second kappa shape index (κ2) is 9.75. The Hall–Kier alpha value is -3.31. The molecule has 5 heteroatoms. The molecule has 0 radical (unpaired) electrons. The zero-order valence-corrected chi connectivity index (χ0v) is 16.9. The first-order valence-electron chi connectivity index (χ1n) is 9.47. The van der Waals surface area contributed by atoms with Crippen molar-refractivity contribution >= 4 is 11.6 Å². The van der Waals surface area contributed by atoms with Crippen LogP contribution in [0, 0.1) is 6.92 Å². The lowest BCUT2D eigenvalue weighted by atomic mass is 10.0. The molecule has 3 aromatic rings. The van der Waals surface area contributed by atoms with E-state index in [-0.39, 0.29) is 5.91 Å². The Labute approximate surface area is 171 Å². The van der Waals surface area contributed by atoms with Gasteiger partial charge in [0.1, 0.15) is 17.5 Å². The number of benzene rings is 3. The minimum atomic E-state index is -0.521. The van der Waals surface area contributed by atoms with E-state index >= 15 is 0 Å². The third-order valence-corrected chi connectivity index (χ3v) is 4.65. The molecule has 5 nitrogen and oxygen atoms in total. The van der Waals surface area contributed by atoms with Crippen molar-refractivity contribution in [3.05, 3.63) is 89.5 Å². The van der Waals surface area contributed by atoms with Gasteiger partial charge in [0.2, 0.25) is 5.91 Å². The van der Waals surface area contributed by atoms with Gasteiger partial charge in [0.05, 0.1) is 19.9 Å². The van der Waals surface area contributed by atoms with E-state index < -0.39 is 6.04 Å². The molecule has 3 rings (SSSR count). The number of hydrogen-bond acceptors (Lipinski definition) is 4. The maximum absolute atomic E-state index is 13.2. The zero-order valence-electron chi connectivity index (χ0n) is 16.9. The molecule has 1 amide bonds. The van der Waals surface area contributed by atoms with Crippen LogP contribution in [0.25, 0.3) is 0 Å². The van der Waals surface area contributed by atoms with Gasteiger partial charge in [-0.2, -0.15) is 0 Å². The van der Waals surface area contributed by atoms with Crippen molar-refractivity contribution in [2.24, 2.45) is 0 Å². The molecular weight excluding hydrogens is 364 g/mol. The van der Waals surface area contributed by atoms with Crippen LogP contribution in [-0.2, 0) is 11.3 Å². The maximum Gasteiger partial charge on any atom is 0.246 e. The van der Waals surface area contributed by atoms with Crippen LogP contribution in [0.1, 0.15) is 22.7 Å². The second-order valence-electron chi connectivity index (χ2n) is 6.77. The van der Waals surface area contributed by atoms with Crippen LogP contribution >= 0.6 is 0 Å². The lowest BCUT2D eigenvalue weighted by Gasteiger charge is -2.20. The summed E-state index contributed by atoms with van der Waals surface area (Å²) in [5, 5.41) is 6.38. The molecule has 0 bridgehead atoms. The summed E-state index contributed by atoms with van der Waals surface area (Å²) in [5.74, 6) is 1.26. The monoisotopic (exact) mass is 390 g/mol. The summed E-state index contributed by atoms with van der Waals surface area (Å²) in [6.45, 7) is 2.50. The highest BCUT2D eigenvalue weighted by atomic mass is 16.5. The molecule has 0 aliphatic carbocycles. The van der Waals surface area contributed by atoms with Crippen molar-refractivity contribution in [3.8, 4) is 11.5 Å². The third-order valence-electron chi connectivity index (χ3n) is 4.65. The summed E-state index contributed by atoms with van der Waals surface area (Å²) in [6, 6.07) is 22.6. The number of methoxy groups -OCH3 is 2. The number of nitrogens with one attached hydrogen (secondary N) is 2. The van der Waals surface area contributed by atoms with Gasteiger partial charge in [0.25, 0.3) is 0 Å². The summed E-state index contributed by atoms with van der Waals surface area (Å²) in [7, 11) is 3.23. The quantitative estimate of drug-likeness (QED) is 0.595. The van der Waals surface area contributed by atoms with Gasteiger partial charge in [0.15, 0.2) is 0 Å². The number of amides is 1. The van der Waals surface area contributed by atoms with E-state index in [1.54, 1.807) is 14.2 Å². The largest absolute Gasteiger partial charge is 0.497 e. The van der Waals surface area contributed by atoms with Crippen LogP contribution in [-0.4, -0.2) is 20.1 Å². The first-order chi connectivity index (χ1) is 14.1. The number of ether oxygens (including phenoxy) is 2. The lowest BCUT2D eigenvalue weighted by molar-refractivity contribution is -0.118. The molecule has 0 fully saturated rings. The highest BCUT2D eigenvalue weighted by Gasteiger charge is 2.21. The third kappa shape index (κ3) is 5.36. The van der Waals surface area contributed by atoms with Gasteiger partial charge in [-0.15, -0.1) is 0 Å². The van der Waals surface area contributed by atoms with E-state index in [0.29, 0.717) is 18.0 Å². The fourth-order valence-corrected chi connectivity index (χ4v) is 3.13. The summed E-state index contributed by atoms with van der Waals surface area (Å²) in [5.41, 5.74) is 3.62. The molecule has 1 unspecified atom stereocenters. The van der Waals surface area contributed by atoms with E-state index in [0.717, 1.165) is 22.4 Å². The van der Waals surface area contributed by atoms with E-state index in [4.69, 9.17) is 9.47 Å². The Bertz CT molecular complexity index is 957. The van der Waals surface area contributed by atoms with Crippen LogP contribution in [0.4, 0.5) is 5.69 Å². The van der Waals surface area contributed by atoms with Gasteiger partial charge >= 0.3 is 0 Å². The number of carbonyl (C=O) groups excluding carboxylic acids is 1. The van der Waals surface area contributed by atoms with Gasteiger partial charge in [-0.3, -0.25) is 10.1 Å². The second-order valence-corrected chi connectivity index (χ2v) is 6.77. The first kappa shape index (κ1) is 20.4. The van der Waals surface area contributed by atoms with Gasteiger partial charge in [-0.25, -0.2) is 0 Å². The Morgan fingerprint density at radius 1 is 0.931 bits per heavy atom. The number of aryl methyl sites for hydroxylation is 1. The summed E-state index contributed by atoms with van der Waals surface area (Å²) in [6.07, 6.45) is 0. The molecule has 0 heterocycles. The summed E-state index contributed by atoms with van der Waals surface area (Å²) >= 11 is 0. The lowest BCUT2D eigenvalue weighted by Crippen LogP contribution is -2.32. The molecule has 2 N–H and O–H groups in total. The van der Waals surface area contributed by atoms with Crippen molar-refractivity contribution in [3.63, 3.8) is 0 Å².